The number of para-hydroxylation sites is 1. The number of benzene rings is 1. The predicted molar refractivity (Wildman–Crippen MR) is 65.2 cm³/mol. The molecule has 1 heterocycles. The summed E-state index contributed by atoms with van der Waals surface area (Å²) in [6, 6.07) is 12.1. The molecule has 0 spiro atoms. The largest absolute Gasteiger partial charge is 0.367 e. The summed E-state index contributed by atoms with van der Waals surface area (Å²) < 4.78 is 0. The molecular weight excluding hydrogens is 198 g/mol. The first kappa shape index (κ1) is 10.4. The number of nitriles is 1. The zero-order valence-electron chi connectivity index (χ0n) is 9.36. The van der Waals surface area contributed by atoms with Gasteiger partial charge in [-0.25, -0.2) is 4.98 Å². The van der Waals surface area contributed by atoms with E-state index in [2.05, 4.69) is 16.4 Å². The van der Waals surface area contributed by atoms with Gasteiger partial charge in [0.2, 0.25) is 0 Å². The van der Waals surface area contributed by atoms with Gasteiger partial charge in [0.05, 0.1) is 11.1 Å². The lowest BCUT2D eigenvalue weighted by Crippen LogP contribution is -2.12. The molecule has 0 atom stereocenters. The van der Waals surface area contributed by atoms with Crippen LogP contribution in [-0.4, -0.2) is 11.0 Å². The number of pyridine rings is 1. The molecule has 2 aromatic rings. The molecule has 16 heavy (non-hydrogen) atoms. The average Bonchev–Trinajstić information content (AvgIpc) is 2.27. The number of fused-ring (bicyclic) bond motifs is 1. The molecule has 0 unspecified atom stereocenters. The van der Waals surface area contributed by atoms with Crippen LogP contribution in [0.15, 0.2) is 30.3 Å². The van der Waals surface area contributed by atoms with E-state index in [1.807, 2.05) is 44.2 Å². The van der Waals surface area contributed by atoms with Gasteiger partial charge in [0.15, 0.2) is 0 Å². The molecule has 3 heteroatoms. The summed E-state index contributed by atoms with van der Waals surface area (Å²) >= 11 is 0. The monoisotopic (exact) mass is 211 g/mol. The van der Waals surface area contributed by atoms with Gasteiger partial charge in [-0.2, -0.15) is 5.26 Å². The minimum absolute atomic E-state index is 0.265. The number of hydrogen-bond acceptors (Lipinski definition) is 3. The van der Waals surface area contributed by atoms with Crippen LogP contribution in [0.2, 0.25) is 0 Å². The van der Waals surface area contributed by atoms with Gasteiger partial charge in [-0.3, -0.25) is 0 Å². The Hall–Kier alpha value is -2.08. The van der Waals surface area contributed by atoms with Crippen molar-refractivity contribution in [1.29, 1.82) is 5.26 Å². The molecule has 1 aromatic carbocycles. The Morgan fingerprint density at radius 2 is 2.06 bits per heavy atom. The summed E-state index contributed by atoms with van der Waals surface area (Å²) in [6.45, 7) is 4.05. The van der Waals surface area contributed by atoms with Crippen LogP contribution in [0.1, 0.15) is 19.4 Å². The van der Waals surface area contributed by atoms with Gasteiger partial charge in [0.1, 0.15) is 11.9 Å². The highest BCUT2D eigenvalue weighted by molar-refractivity contribution is 5.82. The van der Waals surface area contributed by atoms with Gasteiger partial charge >= 0.3 is 0 Å². The lowest BCUT2D eigenvalue weighted by atomic mass is 10.1. The number of nitrogens with zero attached hydrogens (tertiary/aromatic N) is 2. The summed E-state index contributed by atoms with van der Waals surface area (Å²) in [6.07, 6.45) is 0. The van der Waals surface area contributed by atoms with Crippen molar-refractivity contribution >= 4 is 16.7 Å². The second kappa shape index (κ2) is 4.19. The van der Waals surface area contributed by atoms with Gasteiger partial charge < -0.3 is 5.32 Å². The fraction of sp³-hybridized carbons (Fsp3) is 0.231. The van der Waals surface area contributed by atoms with Crippen LogP contribution in [0, 0.1) is 11.3 Å². The zero-order valence-corrected chi connectivity index (χ0v) is 9.36. The number of hydrogen-bond donors (Lipinski definition) is 1. The van der Waals surface area contributed by atoms with E-state index in [4.69, 9.17) is 5.26 Å². The van der Waals surface area contributed by atoms with Crippen LogP contribution in [0.5, 0.6) is 0 Å². The Bertz CT molecular complexity index is 553. The quantitative estimate of drug-likeness (QED) is 0.830. The highest BCUT2D eigenvalue weighted by atomic mass is 15.0. The SMILES string of the molecule is CC(C)Nc1nc2ccccc2cc1C#N. The Labute approximate surface area is 94.7 Å². The fourth-order valence-corrected chi connectivity index (χ4v) is 1.58. The topological polar surface area (TPSA) is 48.7 Å². The maximum atomic E-state index is 9.06. The molecule has 0 fully saturated rings. The summed E-state index contributed by atoms with van der Waals surface area (Å²) in [4.78, 5) is 4.45. The van der Waals surface area contributed by atoms with Gasteiger partial charge in [0, 0.05) is 11.4 Å². The van der Waals surface area contributed by atoms with Crippen molar-refractivity contribution in [2.45, 2.75) is 19.9 Å². The molecule has 0 amide bonds. The summed E-state index contributed by atoms with van der Waals surface area (Å²) in [5.41, 5.74) is 1.50. The van der Waals surface area contributed by atoms with Gasteiger partial charge in [0.25, 0.3) is 0 Å². The first-order valence-electron chi connectivity index (χ1n) is 5.27. The molecule has 2 rings (SSSR count). The average molecular weight is 211 g/mol. The molecule has 0 bridgehead atoms. The van der Waals surface area contributed by atoms with Crippen molar-refractivity contribution in [3.8, 4) is 6.07 Å². The fourth-order valence-electron chi connectivity index (χ4n) is 1.58. The smallest absolute Gasteiger partial charge is 0.144 e. The first-order chi connectivity index (χ1) is 7.70. The normalized spacial score (nSPS) is 10.4. The third-order valence-corrected chi connectivity index (χ3v) is 2.27. The van der Waals surface area contributed by atoms with E-state index in [1.54, 1.807) is 0 Å². The zero-order chi connectivity index (χ0) is 11.5. The third kappa shape index (κ3) is 1.96. The Morgan fingerprint density at radius 3 is 2.75 bits per heavy atom. The van der Waals surface area contributed by atoms with E-state index < -0.39 is 0 Å². The van der Waals surface area contributed by atoms with E-state index >= 15 is 0 Å². The van der Waals surface area contributed by atoms with Crippen LogP contribution in [-0.2, 0) is 0 Å². The summed E-state index contributed by atoms with van der Waals surface area (Å²) in [7, 11) is 0. The molecule has 1 N–H and O–H groups in total. The standard InChI is InChI=1S/C13H13N3/c1-9(2)15-13-11(8-14)7-10-5-3-4-6-12(10)16-13/h3-7,9H,1-2H3,(H,15,16). The maximum absolute atomic E-state index is 9.06. The minimum atomic E-state index is 0.265. The second-order valence-corrected chi connectivity index (χ2v) is 3.99. The lowest BCUT2D eigenvalue weighted by Gasteiger charge is -2.11. The molecule has 0 aliphatic rings. The van der Waals surface area contributed by atoms with Crippen LogP contribution >= 0.6 is 0 Å². The third-order valence-electron chi connectivity index (χ3n) is 2.27. The first-order valence-corrected chi connectivity index (χ1v) is 5.27. The second-order valence-electron chi connectivity index (χ2n) is 3.99. The minimum Gasteiger partial charge on any atom is -0.367 e. The van der Waals surface area contributed by atoms with Crippen LogP contribution in [0.3, 0.4) is 0 Å². The molecule has 0 aliphatic carbocycles. The van der Waals surface area contributed by atoms with Crippen molar-refractivity contribution in [1.82, 2.24) is 4.98 Å². The Morgan fingerprint density at radius 1 is 1.31 bits per heavy atom. The van der Waals surface area contributed by atoms with E-state index in [0.29, 0.717) is 11.4 Å². The molecular formula is C13H13N3. The summed E-state index contributed by atoms with van der Waals surface area (Å²) in [5.74, 6) is 0.663. The number of rotatable bonds is 2. The molecule has 80 valence electrons. The Kier molecular flexibility index (Phi) is 2.74. The van der Waals surface area contributed by atoms with Crippen LogP contribution < -0.4 is 5.32 Å². The van der Waals surface area contributed by atoms with Crippen molar-refractivity contribution < 1.29 is 0 Å². The van der Waals surface area contributed by atoms with E-state index in [9.17, 15) is 0 Å². The van der Waals surface area contributed by atoms with Crippen molar-refractivity contribution in [3.63, 3.8) is 0 Å². The number of anilines is 1. The van der Waals surface area contributed by atoms with Crippen molar-refractivity contribution in [2.24, 2.45) is 0 Å². The van der Waals surface area contributed by atoms with E-state index in [0.717, 1.165) is 10.9 Å². The summed E-state index contributed by atoms with van der Waals surface area (Å²) in [5, 5.41) is 13.2. The highest BCUT2D eigenvalue weighted by Crippen LogP contribution is 2.20. The van der Waals surface area contributed by atoms with Gasteiger partial charge in [-0.05, 0) is 26.0 Å². The van der Waals surface area contributed by atoms with E-state index in [-0.39, 0.29) is 6.04 Å². The van der Waals surface area contributed by atoms with Crippen molar-refractivity contribution in [3.05, 3.63) is 35.9 Å². The molecule has 1 aromatic heterocycles. The molecule has 0 radical (unpaired) electrons. The predicted octanol–water partition coefficient (Wildman–Crippen LogP) is 2.93. The van der Waals surface area contributed by atoms with Gasteiger partial charge in [-0.15, -0.1) is 0 Å². The highest BCUT2D eigenvalue weighted by Gasteiger charge is 2.06. The molecule has 0 saturated carbocycles. The Balaban J connectivity index is 2.59. The van der Waals surface area contributed by atoms with Crippen LogP contribution in [0.25, 0.3) is 10.9 Å². The number of nitrogens with one attached hydrogen (secondary N) is 1. The lowest BCUT2D eigenvalue weighted by molar-refractivity contribution is 0.890. The van der Waals surface area contributed by atoms with E-state index in [1.165, 1.54) is 0 Å². The molecule has 0 aliphatic heterocycles. The number of aromatic nitrogens is 1. The molecule has 3 nitrogen and oxygen atoms in total. The maximum Gasteiger partial charge on any atom is 0.144 e. The molecule has 0 saturated heterocycles. The van der Waals surface area contributed by atoms with Gasteiger partial charge in [-0.1, -0.05) is 18.2 Å². The van der Waals surface area contributed by atoms with Crippen LogP contribution in [0.4, 0.5) is 5.82 Å². The van der Waals surface area contributed by atoms with Crippen molar-refractivity contribution in [2.75, 3.05) is 5.32 Å².